The lowest BCUT2D eigenvalue weighted by Crippen LogP contribution is -2.27. The van der Waals surface area contributed by atoms with Gasteiger partial charge < -0.3 is 4.74 Å². The zero-order chi connectivity index (χ0) is 19.6. The molecule has 0 fully saturated rings. The number of hydrogen-bond acceptors (Lipinski definition) is 7. The standard InChI is InChI=1S/C18H17N3O5S/c1-3-11(2)26-15(22)8-20-10-19-17-16(18(20)23)14(9-27-17)12-5-4-6-13(7-12)21(24)25/h4-7,9-11H,3,8H2,1-2H3. The predicted octanol–water partition coefficient (Wildman–Crippen LogP) is 3.37. The molecule has 2 aromatic heterocycles. The van der Waals surface area contributed by atoms with Crippen LogP contribution in [0.25, 0.3) is 21.3 Å². The second kappa shape index (κ2) is 7.67. The third-order valence-corrected chi connectivity index (χ3v) is 5.02. The maximum Gasteiger partial charge on any atom is 0.326 e. The molecule has 0 aliphatic carbocycles. The number of esters is 1. The summed E-state index contributed by atoms with van der Waals surface area (Å²) in [6.45, 7) is 3.44. The summed E-state index contributed by atoms with van der Waals surface area (Å²) in [6, 6.07) is 6.06. The Morgan fingerprint density at radius 2 is 2.22 bits per heavy atom. The van der Waals surface area contributed by atoms with E-state index in [1.165, 1.54) is 34.4 Å². The fraction of sp³-hybridized carbons (Fsp3) is 0.278. The SMILES string of the molecule is CCC(C)OC(=O)Cn1cnc2scc(-c3cccc([N+](=O)[O-])c3)c2c1=O. The molecule has 3 aromatic rings. The largest absolute Gasteiger partial charge is 0.461 e. The normalized spacial score (nSPS) is 12.1. The van der Waals surface area contributed by atoms with E-state index in [9.17, 15) is 19.7 Å². The lowest BCUT2D eigenvalue weighted by atomic mass is 10.1. The number of benzene rings is 1. The van der Waals surface area contributed by atoms with E-state index in [0.29, 0.717) is 27.8 Å². The Balaban J connectivity index is 2.02. The molecule has 0 saturated heterocycles. The van der Waals surface area contributed by atoms with Gasteiger partial charge in [-0.3, -0.25) is 24.3 Å². The number of nitro benzene ring substituents is 1. The van der Waals surface area contributed by atoms with Gasteiger partial charge in [-0.25, -0.2) is 4.98 Å². The molecule has 0 amide bonds. The molecule has 0 bridgehead atoms. The molecule has 140 valence electrons. The Morgan fingerprint density at radius 3 is 2.93 bits per heavy atom. The van der Waals surface area contributed by atoms with Crippen LogP contribution in [0.1, 0.15) is 20.3 Å². The highest BCUT2D eigenvalue weighted by Crippen LogP contribution is 2.32. The van der Waals surface area contributed by atoms with Crippen LogP contribution in [0.5, 0.6) is 0 Å². The van der Waals surface area contributed by atoms with Crippen LogP contribution in [0, 0.1) is 10.1 Å². The Bertz CT molecular complexity index is 1070. The number of nitro groups is 1. The second-order valence-corrected chi connectivity index (χ2v) is 6.88. The van der Waals surface area contributed by atoms with E-state index in [4.69, 9.17) is 4.74 Å². The number of nitrogens with zero attached hydrogens (tertiary/aromatic N) is 3. The first kappa shape index (κ1) is 18.7. The zero-order valence-electron chi connectivity index (χ0n) is 14.7. The summed E-state index contributed by atoms with van der Waals surface area (Å²) in [5.41, 5.74) is 0.659. The van der Waals surface area contributed by atoms with Crippen molar-refractivity contribution in [1.82, 2.24) is 9.55 Å². The van der Waals surface area contributed by atoms with Gasteiger partial charge in [0, 0.05) is 23.1 Å². The monoisotopic (exact) mass is 387 g/mol. The molecular formula is C18H17N3O5S. The number of carbonyl (C=O) groups excluding carboxylic acids is 1. The third-order valence-electron chi connectivity index (χ3n) is 4.14. The highest BCUT2D eigenvalue weighted by atomic mass is 32.1. The Kier molecular flexibility index (Phi) is 5.31. The quantitative estimate of drug-likeness (QED) is 0.365. The molecule has 8 nitrogen and oxygen atoms in total. The lowest BCUT2D eigenvalue weighted by molar-refractivity contribution is -0.384. The maximum absolute atomic E-state index is 12.9. The summed E-state index contributed by atoms with van der Waals surface area (Å²) in [5.74, 6) is -0.514. The van der Waals surface area contributed by atoms with Gasteiger partial charge >= 0.3 is 5.97 Å². The first-order chi connectivity index (χ1) is 12.9. The van der Waals surface area contributed by atoms with Crippen LogP contribution in [-0.4, -0.2) is 26.5 Å². The minimum atomic E-state index is -0.514. The van der Waals surface area contributed by atoms with Crippen LogP contribution in [-0.2, 0) is 16.1 Å². The summed E-state index contributed by atoms with van der Waals surface area (Å²) in [6.07, 6.45) is 1.77. The van der Waals surface area contributed by atoms with Crippen molar-refractivity contribution >= 4 is 33.2 Å². The van der Waals surface area contributed by atoms with E-state index in [2.05, 4.69) is 4.98 Å². The van der Waals surface area contributed by atoms with Gasteiger partial charge in [0.25, 0.3) is 11.2 Å². The lowest BCUT2D eigenvalue weighted by Gasteiger charge is -2.11. The predicted molar refractivity (Wildman–Crippen MR) is 102 cm³/mol. The molecule has 1 unspecified atom stereocenters. The van der Waals surface area contributed by atoms with E-state index >= 15 is 0 Å². The Hall–Kier alpha value is -3.07. The van der Waals surface area contributed by atoms with Gasteiger partial charge in [-0.1, -0.05) is 19.1 Å². The van der Waals surface area contributed by atoms with Gasteiger partial charge in [0.1, 0.15) is 11.4 Å². The summed E-state index contributed by atoms with van der Waals surface area (Å²) in [4.78, 5) is 40.2. The van der Waals surface area contributed by atoms with Crippen molar-refractivity contribution in [2.45, 2.75) is 32.9 Å². The number of hydrogen-bond donors (Lipinski definition) is 0. The topological polar surface area (TPSA) is 104 Å². The second-order valence-electron chi connectivity index (χ2n) is 6.02. The number of aromatic nitrogens is 2. The molecule has 0 aliphatic rings. The number of rotatable bonds is 6. The first-order valence-corrected chi connectivity index (χ1v) is 9.19. The van der Waals surface area contributed by atoms with E-state index < -0.39 is 10.9 Å². The van der Waals surface area contributed by atoms with Crippen LogP contribution in [0.4, 0.5) is 5.69 Å². The average Bonchev–Trinajstić information content (AvgIpc) is 3.09. The fourth-order valence-electron chi connectivity index (χ4n) is 2.56. The summed E-state index contributed by atoms with van der Waals surface area (Å²) in [5, 5.41) is 13.1. The molecule has 0 radical (unpaired) electrons. The smallest absolute Gasteiger partial charge is 0.326 e. The summed E-state index contributed by atoms with van der Waals surface area (Å²) in [7, 11) is 0. The van der Waals surface area contributed by atoms with E-state index in [1.807, 2.05) is 6.92 Å². The first-order valence-electron chi connectivity index (χ1n) is 8.31. The minimum Gasteiger partial charge on any atom is -0.461 e. The number of ether oxygens (including phenoxy) is 1. The molecule has 27 heavy (non-hydrogen) atoms. The van der Waals surface area contributed by atoms with Gasteiger partial charge in [0.05, 0.1) is 22.7 Å². The van der Waals surface area contributed by atoms with Crippen molar-refractivity contribution in [2.24, 2.45) is 0 Å². The van der Waals surface area contributed by atoms with E-state index in [1.54, 1.807) is 24.4 Å². The van der Waals surface area contributed by atoms with Crippen LogP contribution >= 0.6 is 11.3 Å². The number of fused-ring (bicyclic) bond motifs is 1. The summed E-state index contributed by atoms with van der Waals surface area (Å²) < 4.78 is 6.41. The summed E-state index contributed by atoms with van der Waals surface area (Å²) >= 11 is 1.27. The molecule has 0 spiro atoms. The minimum absolute atomic E-state index is 0.0619. The molecule has 2 heterocycles. The van der Waals surface area contributed by atoms with E-state index in [-0.39, 0.29) is 23.9 Å². The van der Waals surface area contributed by atoms with E-state index in [0.717, 1.165) is 0 Å². The molecule has 3 rings (SSSR count). The molecule has 0 aliphatic heterocycles. The Labute approximate surface area is 158 Å². The van der Waals surface area contributed by atoms with Crippen molar-refractivity contribution < 1.29 is 14.5 Å². The van der Waals surface area contributed by atoms with Crippen LogP contribution in [0.15, 0.2) is 40.8 Å². The molecule has 9 heteroatoms. The van der Waals surface area contributed by atoms with Crippen molar-refractivity contribution in [3.63, 3.8) is 0 Å². The maximum atomic E-state index is 12.9. The van der Waals surface area contributed by atoms with Crippen LogP contribution in [0.3, 0.4) is 0 Å². The van der Waals surface area contributed by atoms with Gasteiger partial charge in [-0.2, -0.15) is 0 Å². The highest BCUT2D eigenvalue weighted by Gasteiger charge is 2.17. The average molecular weight is 387 g/mol. The number of carbonyl (C=O) groups is 1. The van der Waals surface area contributed by atoms with Gasteiger partial charge in [0.2, 0.25) is 0 Å². The molecule has 1 atom stereocenters. The number of thiophene rings is 1. The van der Waals surface area contributed by atoms with Crippen LogP contribution in [0.2, 0.25) is 0 Å². The van der Waals surface area contributed by atoms with Crippen molar-refractivity contribution in [3.8, 4) is 11.1 Å². The van der Waals surface area contributed by atoms with Gasteiger partial charge in [-0.15, -0.1) is 11.3 Å². The molecular weight excluding hydrogens is 370 g/mol. The zero-order valence-corrected chi connectivity index (χ0v) is 15.6. The molecule has 0 N–H and O–H groups in total. The molecule has 0 saturated carbocycles. The fourth-order valence-corrected chi connectivity index (χ4v) is 3.47. The Morgan fingerprint density at radius 1 is 1.44 bits per heavy atom. The number of non-ortho nitro benzene ring substituents is 1. The highest BCUT2D eigenvalue weighted by molar-refractivity contribution is 7.17. The third kappa shape index (κ3) is 3.87. The molecule has 1 aromatic carbocycles. The van der Waals surface area contributed by atoms with Crippen LogP contribution < -0.4 is 5.56 Å². The van der Waals surface area contributed by atoms with Crippen molar-refractivity contribution in [1.29, 1.82) is 0 Å². The van der Waals surface area contributed by atoms with Gasteiger partial charge in [0.15, 0.2) is 0 Å². The van der Waals surface area contributed by atoms with Gasteiger partial charge in [-0.05, 0) is 18.9 Å². The van der Waals surface area contributed by atoms with Crippen molar-refractivity contribution in [2.75, 3.05) is 0 Å². The van der Waals surface area contributed by atoms with Crippen molar-refractivity contribution in [3.05, 3.63) is 56.4 Å².